The van der Waals surface area contributed by atoms with E-state index in [1.165, 1.54) is 0 Å². The maximum Gasteiger partial charge on any atom is 0.255 e. The number of carbonyl (C=O) groups excluding carboxylic acids is 1. The summed E-state index contributed by atoms with van der Waals surface area (Å²) in [6, 6.07) is 16.4. The van der Waals surface area contributed by atoms with Crippen molar-refractivity contribution in [1.82, 2.24) is 0 Å². The molecule has 1 amide bonds. The monoisotopic (exact) mass is 285 g/mol. The lowest BCUT2D eigenvalue weighted by atomic mass is 10.2. The second kappa shape index (κ2) is 8.07. The summed E-state index contributed by atoms with van der Waals surface area (Å²) in [4.78, 5) is 12.0. The van der Waals surface area contributed by atoms with E-state index in [4.69, 9.17) is 9.47 Å². The Morgan fingerprint density at radius 1 is 1.00 bits per heavy atom. The van der Waals surface area contributed by atoms with Crippen LogP contribution >= 0.6 is 0 Å². The summed E-state index contributed by atoms with van der Waals surface area (Å²) >= 11 is 0. The van der Waals surface area contributed by atoms with Crippen molar-refractivity contribution in [1.29, 1.82) is 0 Å². The molecule has 21 heavy (non-hydrogen) atoms. The molecule has 0 fully saturated rings. The van der Waals surface area contributed by atoms with Crippen LogP contribution in [0, 0.1) is 0 Å². The number of nitrogens with one attached hydrogen (secondary N) is 1. The number of carbonyl (C=O) groups is 1. The summed E-state index contributed by atoms with van der Waals surface area (Å²) in [5.41, 5.74) is 1.37. The summed E-state index contributed by atoms with van der Waals surface area (Å²) in [6.07, 6.45) is 0. The molecule has 4 nitrogen and oxygen atoms in total. The number of amides is 1. The van der Waals surface area contributed by atoms with Gasteiger partial charge in [-0.15, -0.1) is 0 Å². The van der Waals surface area contributed by atoms with E-state index in [2.05, 4.69) is 5.32 Å². The van der Waals surface area contributed by atoms with Crippen molar-refractivity contribution in [2.24, 2.45) is 0 Å². The van der Waals surface area contributed by atoms with Crippen LogP contribution in [-0.2, 0) is 4.74 Å². The fourth-order valence-electron chi connectivity index (χ4n) is 1.79. The average molecular weight is 285 g/mol. The first-order valence-corrected chi connectivity index (χ1v) is 6.96. The molecule has 0 aliphatic rings. The zero-order valence-corrected chi connectivity index (χ0v) is 12.0. The molecule has 0 aliphatic carbocycles. The number of hydrogen-bond donors (Lipinski definition) is 1. The van der Waals surface area contributed by atoms with Crippen molar-refractivity contribution in [3.05, 3.63) is 60.2 Å². The van der Waals surface area contributed by atoms with Crippen molar-refractivity contribution in [3.8, 4) is 5.75 Å². The van der Waals surface area contributed by atoms with Gasteiger partial charge in [0.15, 0.2) is 0 Å². The van der Waals surface area contributed by atoms with Gasteiger partial charge < -0.3 is 14.8 Å². The first-order valence-electron chi connectivity index (χ1n) is 6.96. The minimum atomic E-state index is -0.124. The quantitative estimate of drug-likeness (QED) is 0.794. The Bertz CT molecular complexity index is 552. The smallest absolute Gasteiger partial charge is 0.255 e. The Morgan fingerprint density at radius 2 is 1.71 bits per heavy atom. The molecule has 0 saturated carbocycles. The van der Waals surface area contributed by atoms with E-state index in [1.807, 2.05) is 49.4 Å². The second-order valence-corrected chi connectivity index (χ2v) is 4.39. The molecule has 0 radical (unpaired) electrons. The molecule has 0 heterocycles. The zero-order chi connectivity index (χ0) is 14.9. The lowest BCUT2D eigenvalue weighted by Gasteiger charge is -2.08. The third-order valence-electron chi connectivity index (χ3n) is 2.85. The summed E-state index contributed by atoms with van der Waals surface area (Å²) in [5.74, 6) is 0.632. The van der Waals surface area contributed by atoms with E-state index >= 15 is 0 Å². The van der Waals surface area contributed by atoms with Gasteiger partial charge in [-0.2, -0.15) is 0 Å². The van der Waals surface area contributed by atoms with Crippen molar-refractivity contribution in [2.45, 2.75) is 6.92 Å². The highest BCUT2D eigenvalue weighted by Gasteiger charge is 2.04. The van der Waals surface area contributed by atoms with Crippen LogP contribution in [0.2, 0.25) is 0 Å². The molecule has 2 rings (SSSR count). The van der Waals surface area contributed by atoms with E-state index in [0.29, 0.717) is 25.4 Å². The summed E-state index contributed by atoms with van der Waals surface area (Å²) in [6.45, 7) is 3.73. The minimum absolute atomic E-state index is 0.124. The van der Waals surface area contributed by atoms with Crippen molar-refractivity contribution in [2.75, 3.05) is 25.1 Å². The third kappa shape index (κ3) is 4.93. The van der Waals surface area contributed by atoms with Crippen LogP contribution in [0.25, 0.3) is 0 Å². The minimum Gasteiger partial charge on any atom is -0.491 e. The Labute approximate surface area is 124 Å². The Hall–Kier alpha value is -2.33. The van der Waals surface area contributed by atoms with Gasteiger partial charge in [-0.1, -0.05) is 18.2 Å². The first-order chi connectivity index (χ1) is 10.3. The van der Waals surface area contributed by atoms with Gasteiger partial charge >= 0.3 is 0 Å². The molecule has 0 aliphatic heterocycles. The topological polar surface area (TPSA) is 47.6 Å². The molecule has 2 aromatic rings. The molecule has 0 atom stereocenters. The predicted octanol–water partition coefficient (Wildman–Crippen LogP) is 3.35. The number of anilines is 1. The summed E-state index contributed by atoms with van der Waals surface area (Å²) < 4.78 is 10.7. The molecule has 0 saturated heterocycles. The SMILES string of the molecule is CCOCCOc1ccc(NC(=O)c2ccccc2)cc1. The molecule has 0 aromatic heterocycles. The molecule has 0 bridgehead atoms. The highest BCUT2D eigenvalue weighted by Crippen LogP contribution is 2.16. The number of benzene rings is 2. The zero-order valence-electron chi connectivity index (χ0n) is 12.0. The summed E-state index contributed by atoms with van der Waals surface area (Å²) in [5, 5.41) is 2.84. The van der Waals surface area contributed by atoms with Crippen LogP contribution in [0.3, 0.4) is 0 Å². The lowest BCUT2D eigenvalue weighted by molar-refractivity contribution is 0.102. The number of ether oxygens (including phenoxy) is 2. The lowest BCUT2D eigenvalue weighted by Crippen LogP contribution is -2.11. The normalized spacial score (nSPS) is 10.1. The van der Waals surface area contributed by atoms with Gasteiger partial charge in [0.1, 0.15) is 12.4 Å². The first kappa shape index (κ1) is 15.1. The standard InChI is InChI=1S/C17H19NO3/c1-2-20-12-13-21-16-10-8-15(9-11-16)18-17(19)14-6-4-3-5-7-14/h3-11H,2,12-13H2,1H3,(H,18,19). The Morgan fingerprint density at radius 3 is 2.38 bits per heavy atom. The highest BCUT2D eigenvalue weighted by atomic mass is 16.5. The van der Waals surface area contributed by atoms with Gasteiger partial charge in [0.2, 0.25) is 0 Å². The molecular weight excluding hydrogens is 266 g/mol. The van der Waals surface area contributed by atoms with E-state index < -0.39 is 0 Å². The third-order valence-corrected chi connectivity index (χ3v) is 2.85. The Kier molecular flexibility index (Phi) is 5.79. The van der Waals surface area contributed by atoms with Gasteiger partial charge in [-0.3, -0.25) is 4.79 Å². The largest absolute Gasteiger partial charge is 0.491 e. The van der Waals surface area contributed by atoms with Crippen LogP contribution in [0.15, 0.2) is 54.6 Å². The molecule has 0 spiro atoms. The highest BCUT2D eigenvalue weighted by molar-refractivity contribution is 6.04. The maximum atomic E-state index is 12.0. The summed E-state index contributed by atoms with van der Waals surface area (Å²) in [7, 11) is 0. The predicted molar refractivity (Wildman–Crippen MR) is 82.8 cm³/mol. The van der Waals surface area contributed by atoms with Crippen LogP contribution in [0.5, 0.6) is 5.75 Å². The molecule has 1 N–H and O–H groups in total. The van der Waals surface area contributed by atoms with E-state index in [1.54, 1.807) is 12.1 Å². The van der Waals surface area contributed by atoms with E-state index in [-0.39, 0.29) is 5.91 Å². The Balaban J connectivity index is 1.86. The van der Waals surface area contributed by atoms with E-state index in [0.717, 1.165) is 11.4 Å². The van der Waals surface area contributed by atoms with Gasteiger partial charge in [0.05, 0.1) is 6.61 Å². The van der Waals surface area contributed by atoms with E-state index in [9.17, 15) is 4.79 Å². The number of hydrogen-bond acceptors (Lipinski definition) is 3. The second-order valence-electron chi connectivity index (χ2n) is 4.39. The molecule has 4 heteroatoms. The number of rotatable bonds is 7. The maximum absolute atomic E-state index is 12.0. The van der Waals surface area contributed by atoms with Crippen molar-refractivity contribution >= 4 is 11.6 Å². The van der Waals surface area contributed by atoms with Crippen LogP contribution in [0.1, 0.15) is 17.3 Å². The van der Waals surface area contributed by atoms with Crippen molar-refractivity contribution < 1.29 is 14.3 Å². The molecule has 0 unspecified atom stereocenters. The van der Waals surface area contributed by atoms with Crippen molar-refractivity contribution in [3.63, 3.8) is 0 Å². The van der Waals surface area contributed by atoms with Gasteiger partial charge in [-0.05, 0) is 43.3 Å². The van der Waals surface area contributed by atoms with Crippen LogP contribution < -0.4 is 10.1 Å². The van der Waals surface area contributed by atoms with Crippen LogP contribution in [-0.4, -0.2) is 25.7 Å². The van der Waals surface area contributed by atoms with Crippen LogP contribution in [0.4, 0.5) is 5.69 Å². The fourth-order valence-corrected chi connectivity index (χ4v) is 1.79. The molecular formula is C17H19NO3. The van der Waals surface area contributed by atoms with Gasteiger partial charge in [-0.25, -0.2) is 0 Å². The average Bonchev–Trinajstić information content (AvgIpc) is 2.54. The van der Waals surface area contributed by atoms with Gasteiger partial charge in [0, 0.05) is 17.9 Å². The molecule has 2 aromatic carbocycles. The van der Waals surface area contributed by atoms with Gasteiger partial charge in [0.25, 0.3) is 5.91 Å². The fraction of sp³-hybridized carbons (Fsp3) is 0.235. The molecule has 110 valence electrons.